The van der Waals surface area contributed by atoms with Gasteiger partial charge in [0.15, 0.2) is 0 Å². The summed E-state index contributed by atoms with van der Waals surface area (Å²) in [7, 11) is 1.89. The Morgan fingerprint density at radius 2 is 1.51 bits per heavy atom. The summed E-state index contributed by atoms with van der Waals surface area (Å²) in [6.45, 7) is 19.7. The van der Waals surface area contributed by atoms with Gasteiger partial charge in [0, 0.05) is 6.08 Å². The van der Waals surface area contributed by atoms with Crippen LogP contribution in [0.1, 0.15) is 78.0 Å². The van der Waals surface area contributed by atoms with E-state index in [2.05, 4.69) is 108 Å². The Bertz CT molecular complexity index is 1190. The van der Waals surface area contributed by atoms with Crippen molar-refractivity contribution in [2.75, 3.05) is 14.3 Å². The van der Waals surface area contributed by atoms with Crippen molar-refractivity contribution >= 4 is 23.2 Å². The number of hydrogen-bond acceptors (Lipinski definition) is 2. The lowest BCUT2D eigenvalue weighted by atomic mass is 9.63. The Hall–Kier alpha value is -3.46. The van der Waals surface area contributed by atoms with Crippen LogP contribution in [0.5, 0.6) is 0 Å². The van der Waals surface area contributed by atoms with Gasteiger partial charge in [-0.15, -0.1) is 0 Å². The van der Waals surface area contributed by atoms with Crippen LogP contribution in [0.4, 0.5) is 4.39 Å². The average Bonchev–Trinajstić information content (AvgIpc) is 2.93. The number of hydrogen-bond donors (Lipinski definition) is 0. The van der Waals surface area contributed by atoms with E-state index >= 15 is 0 Å². The molecule has 1 aliphatic carbocycles. The lowest BCUT2D eigenvalue weighted by molar-refractivity contribution is -0.134. The Morgan fingerprint density at radius 3 is 2.03 bits per heavy atom. The van der Waals surface area contributed by atoms with E-state index in [1.165, 1.54) is 41.0 Å². The molecule has 0 saturated carbocycles. The van der Waals surface area contributed by atoms with Crippen molar-refractivity contribution in [3.63, 3.8) is 0 Å². The Balaban J connectivity index is 0.00000181. The van der Waals surface area contributed by atoms with Gasteiger partial charge in [-0.3, -0.25) is 4.39 Å². The van der Waals surface area contributed by atoms with E-state index in [4.69, 9.17) is 4.74 Å². The molecule has 0 spiro atoms. The minimum atomic E-state index is -0.360. The van der Waals surface area contributed by atoms with Crippen LogP contribution >= 0.6 is 0 Å². The largest absolute Gasteiger partial charge is 0.466 e. The van der Waals surface area contributed by atoms with E-state index in [0.717, 1.165) is 24.0 Å². The molecule has 0 unspecified atom stereocenters. The summed E-state index contributed by atoms with van der Waals surface area (Å²) in [5, 5.41) is 0. The van der Waals surface area contributed by atoms with E-state index in [-0.39, 0.29) is 16.8 Å². The maximum atomic E-state index is 11.5. The fraction of sp³-hybridized carbons (Fsp3) is 0.361. The molecule has 39 heavy (non-hydrogen) atoms. The lowest BCUT2D eigenvalue weighted by Gasteiger charge is -2.41. The number of halogens is 1. The van der Waals surface area contributed by atoms with Gasteiger partial charge >= 0.3 is 5.97 Å². The molecule has 2 aromatic carbocycles. The highest BCUT2D eigenvalue weighted by molar-refractivity contribution is 6.01. The quantitative estimate of drug-likeness (QED) is 0.274. The third-order valence-electron chi connectivity index (χ3n) is 6.64. The SMILES string of the molecule is C=C/C1=C(\C=C/C)C(/c2ccc(/C=C/C(=O)OC)cc2)=C(/c2ccccc2)CC(C)(C)CC1(C)C.CC.CF. The standard InChI is InChI=1S/C33H38O2.C2H6.CH3F/c1-8-13-27-29(9-2)33(5,6)23-32(3,4)22-28(25-14-11-10-12-15-25)31(27)26-19-16-24(17-20-26)18-21-30(34)35-7;2*1-2/h8-21H,2,22-23H2,1,3-7H3;1-2H3;1H3/b13-8-,21-18+,29-27-,31-28+;;. The molecule has 0 heterocycles. The molecular formula is C36H47FO2. The van der Waals surface area contributed by atoms with Crippen LogP contribution < -0.4 is 0 Å². The molecule has 3 rings (SSSR count). The summed E-state index contributed by atoms with van der Waals surface area (Å²) in [5.74, 6) is -0.360. The van der Waals surface area contributed by atoms with E-state index in [1.54, 1.807) is 6.08 Å². The van der Waals surface area contributed by atoms with Crippen molar-refractivity contribution in [2.24, 2.45) is 10.8 Å². The van der Waals surface area contributed by atoms with Crippen molar-refractivity contribution in [3.8, 4) is 0 Å². The Labute approximate surface area is 236 Å². The predicted octanol–water partition coefficient (Wildman–Crippen LogP) is 10.3. The number of esters is 1. The highest BCUT2D eigenvalue weighted by Crippen LogP contribution is 2.51. The average molecular weight is 531 g/mol. The summed E-state index contributed by atoms with van der Waals surface area (Å²) in [6, 6.07) is 19.1. The molecule has 0 amide bonds. The minimum absolute atomic E-state index is 0.0310. The number of benzene rings is 2. The fourth-order valence-corrected chi connectivity index (χ4v) is 5.52. The summed E-state index contributed by atoms with van der Waals surface area (Å²) in [6.07, 6.45) is 11.7. The topological polar surface area (TPSA) is 26.3 Å². The van der Waals surface area contributed by atoms with Crippen molar-refractivity contribution in [1.82, 2.24) is 0 Å². The van der Waals surface area contributed by atoms with Gasteiger partial charge in [0.2, 0.25) is 0 Å². The zero-order valence-corrected chi connectivity index (χ0v) is 25.4. The second-order valence-electron chi connectivity index (χ2n) is 10.6. The minimum Gasteiger partial charge on any atom is -0.466 e. The van der Waals surface area contributed by atoms with Crippen LogP contribution in [0, 0.1) is 10.8 Å². The van der Waals surface area contributed by atoms with Crippen molar-refractivity contribution in [3.05, 3.63) is 113 Å². The number of allylic oxidation sites excluding steroid dienone is 7. The van der Waals surface area contributed by atoms with Gasteiger partial charge in [-0.1, -0.05) is 121 Å². The second kappa shape index (κ2) is 15.8. The number of rotatable bonds is 6. The molecule has 0 aromatic heterocycles. The van der Waals surface area contributed by atoms with Gasteiger partial charge < -0.3 is 4.74 Å². The van der Waals surface area contributed by atoms with Crippen molar-refractivity contribution in [1.29, 1.82) is 0 Å². The van der Waals surface area contributed by atoms with E-state index in [0.29, 0.717) is 7.18 Å². The molecule has 0 aliphatic heterocycles. The van der Waals surface area contributed by atoms with Crippen LogP contribution in [-0.2, 0) is 9.53 Å². The molecule has 1 aliphatic rings. The number of carbonyl (C=O) groups excluding carboxylic acids is 1. The zero-order valence-electron chi connectivity index (χ0n) is 25.4. The second-order valence-corrected chi connectivity index (χ2v) is 10.6. The zero-order chi connectivity index (χ0) is 29.6. The number of methoxy groups -OCH3 is 1. The van der Waals surface area contributed by atoms with Gasteiger partial charge in [-0.25, -0.2) is 4.79 Å². The molecule has 0 saturated heterocycles. The molecule has 3 heteroatoms. The number of ether oxygens (including phenoxy) is 1. The van der Waals surface area contributed by atoms with Gasteiger partial charge in [0.25, 0.3) is 0 Å². The summed E-state index contributed by atoms with van der Waals surface area (Å²) in [4.78, 5) is 11.5. The van der Waals surface area contributed by atoms with Crippen molar-refractivity contribution < 1.29 is 13.9 Å². The van der Waals surface area contributed by atoms with Gasteiger partial charge in [-0.2, -0.15) is 0 Å². The van der Waals surface area contributed by atoms with Gasteiger partial charge in [0.1, 0.15) is 0 Å². The molecule has 2 aromatic rings. The number of alkyl halides is 1. The Morgan fingerprint density at radius 1 is 0.923 bits per heavy atom. The predicted molar refractivity (Wildman–Crippen MR) is 168 cm³/mol. The van der Waals surface area contributed by atoms with Crippen molar-refractivity contribution in [2.45, 2.75) is 61.3 Å². The van der Waals surface area contributed by atoms with Crippen LogP contribution in [0.15, 0.2) is 96.6 Å². The molecule has 2 nitrogen and oxygen atoms in total. The first-order chi connectivity index (χ1) is 18.6. The van der Waals surface area contributed by atoms with Crippen LogP contribution in [0.25, 0.3) is 17.2 Å². The molecular weight excluding hydrogens is 483 g/mol. The summed E-state index contributed by atoms with van der Waals surface area (Å²) in [5.41, 5.74) is 8.49. The smallest absolute Gasteiger partial charge is 0.330 e. The molecule has 0 radical (unpaired) electrons. The maximum absolute atomic E-state index is 11.5. The van der Waals surface area contributed by atoms with Gasteiger partial charge in [0.05, 0.1) is 14.3 Å². The highest BCUT2D eigenvalue weighted by atomic mass is 19.1. The van der Waals surface area contributed by atoms with Gasteiger partial charge in [-0.05, 0) is 75.7 Å². The molecule has 0 bridgehead atoms. The lowest BCUT2D eigenvalue weighted by Crippen LogP contribution is -2.27. The summed E-state index contributed by atoms with van der Waals surface area (Å²) < 4.78 is 14.2. The maximum Gasteiger partial charge on any atom is 0.330 e. The van der Waals surface area contributed by atoms with E-state index in [9.17, 15) is 9.18 Å². The normalized spacial score (nSPS) is 20.2. The first-order valence-electron chi connectivity index (χ1n) is 13.6. The first kappa shape index (κ1) is 33.6. The van der Waals surface area contributed by atoms with E-state index in [1.807, 2.05) is 19.9 Å². The van der Waals surface area contributed by atoms with Crippen LogP contribution in [0.3, 0.4) is 0 Å². The molecule has 0 atom stereocenters. The first-order valence-corrected chi connectivity index (χ1v) is 13.6. The van der Waals surface area contributed by atoms with E-state index < -0.39 is 0 Å². The van der Waals surface area contributed by atoms with Crippen LogP contribution in [0.2, 0.25) is 0 Å². The Kier molecular flexibility index (Phi) is 13.6. The summed E-state index contributed by atoms with van der Waals surface area (Å²) >= 11 is 0. The highest BCUT2D eigenvalue weighted by Gasteiger charge is 2.36. The fourth-order valence-electron chi connectivity index (χ4n) is 5.52. The third kappa shape index (κ3) is 9.06. The molecule has 0 fully saturated rings. The monoisotopic (exact) mass is 530 g/mol. The van der Waals surface area contributed by atoms with Crippen LogP contribution in [-0.4, -0.2) is 20.3 Å². The molecule has 210 valence electrons. The number of carbonyl (C=O) groups is 1. The third-order valence-corrected chi connectivity index (χ3v) is 6.64. The molecule has 0 N–H and O–H groups in total.